The topological polar surface area (TPSA) is 18.5 Å². The van der Waals surface area contributed by atoms with Gasteiger partial charge in [-0.2, -0.15) is 0 Å². The lowest BCUT2D eigenvalue weighted by molar-refractivity contribution is 0.388. The standard InChI is InChI=1S/C11H14O2/c1-5-9-6-7-10(12-3)8(2)11(9)13-4/h5-7H,1H2,2-4H3. The summed E-state index contributed by atoms with van der Waals surface area (Å²) in [6.07, 6.45) is 1.77. The molecule has 0 bridgehead atoms. The first-order valence-corrected chi connectivity index (χ1v) is 4.08. The van der Waals surface area contributed by atoms with E-state index in [1.165, 1.54) is 0 Å². The fraction of sp³-hybridized carbons (Fsp3) is 0.273. The second-order valence-corrected chi connectivity index (χ2v) is 2.72. The second-order valence-electron chi connectivity index (χ2n) is 2.72. The average molecular weight is 178 g/mol. The third-order valence-electron chi connectivity index (χ3n) is 2.03. The summed E-state index contributed by atoms with van der Waals surface area (Å²) in [5.74, 6) is 1.66. The van der Waals surface area contributed by atoms with Gasteiger partial charge in [-0.3, -0.25) is 0 Å². The number of hydrogen-bond donors (Lipinski definition) is 0. The molecule has 0 fully saturated rings. The highest BCUT2D eigenvalue weighted by Crippen LogP contribution is 2.31. The smallest absolute Gasteiger partial charge is 0.132 e. The second kappa shape index (κ2) is 3.99. The number of ether oxygens (including phenoxy) is 2. The Hall–Kier alpha value is -1.44. The Morgan fingerprint density at radius 2 is 1.92 bits per heavy atom. The van der Waals surface area contributed by atoms with Crippen LogP contribution in [0.4, 0.5) is 0 Å². The van der Waals surface area contributed by atoms with E-state index >= 15 is 0 Å². The monoisotopic (exact) mass is 178 g/mol. The molecule has 0 unspecified atom stereocenters. The molecule has 70 valence electrons. The molecule has 0 aliphatic rings. The Kier molecular flexibility index (Phi) is 2.96. The van der Waals surface area contributed by atoms with E-state index in [0.29, 0.717) is 0 Å². The van der Waals surface area contributed by atoms with Gasteiger partial charge in [-0.05, 0) is 19.1 Å². The maximum atomic E-state index is 5.26. The summed E-state index contributed by atoms with van der Waals surface area (Å²) in [6, 6.07) is 3.84. The van der Waals surface area contributed by atoms with E-state index in [9.17, 15) is 0 Å². The van der Waals surface area contributed by atoms with Crippen molar-refractivity contribution in [1.29, 1.82) is 0 Å². The Bertz CT molecular complexity index is 316. The van der Waals surface area contributed by atoms with Crippen LogP contribution in [0, 0.1) is 6.92 Å². The van der Waals surface area contributed by atoms with Crippen molar-refractivity contribution in [3.05, 3.63) is 29.8 Å². The molecule has 1 aromatic rings. The van der Waals surface area contributed by atoms with E-state index in [1.807, 2.05) is 19.1 Å². The van der Waals surface area contributed by atoms with Crippen LogP contribution < -0.4 is 9.47 Å². The minimum absolute atomic E-state index is 0.828. The normalized spacial score (nSPS) is 9.46. The minimum Gasteiger partial charge on any atom is -0.496 e. The van der Waals surface area contributed by atoms with Crippen molar-refractivity contribution in [2.24, 2.45) is 0 Å². The van der Waals surface area contributed by atoms with Crippen LogP contribution in [0.5, 0.6) is 11.5 Å². The van der Waals surface area contributed by atoms with Crippen molar-refractivity contribution in [2.45, 2.75) is 6.92 Å². The molecule has 1 aromatic carbocycles. The molecule has 2 heteroatoms. The van der Waals surface area contributed by atoms with Crippen LogP contribution in [0.1, 0.15) is 11.1 Å². The highest BCUT2D eigenvalue weighted by atomic mass is 16.5. The fourth-order valence-corrected chi connectivity index (χ4v) is 1.35. The van der Waals surface area contributed by atoms with Crippen LogP contribution in [0.15, 0.2) is 18.7 Å². The summed E-state index contributed by atoms with van der Waals surface area (Å²) in [5, 5.41) is 0. The largest absolute Gasteiger partial charge is 0.496 e. The zero-order valence-corrected chi connectivity index (χ0v) is 8.26. The first kappa shape index (κ1) is 9.65. The molecule has 2 nitrogen and oxygen atoms in total. The Balaban J connectivity index is 3.31. The van der Waals surface area contributed by atoms with Gasteiger partial charge in [0.15, 0.2) is 0 Å². The maximum Gasteiger partial charge on any atom is 0.132 e. The van der Waals surface area contributed by atoms with Crippen molar-refractivity contribution >= 4 is 6.08 Å². The molecule has 0 heterocycles. The number of methoxy groups -OCH3 is 2. The fourth-order valence-electron chi connectivity index (χ4n) is 1.35. The summed E-state index contributed by atoms with van der Waals surface area (Å²) < 4.78 is 10.4. The summed E-state index contributed by atoms with van der Waals surface area (Å²) in [5.41, 5.74) is 1.99. The first-order chi connectivity index (χ1) is 6.24. The van der Waals surface area contributed by atoms with Crippen LogP contribution in [0.2, 0.25) is 0 Å². The molecular formula is C11H14O2. The Morgan fingerprint density at radius 1 is 1.23 bits per heavy atom. The molecule has 0 N–H and O–H groups in total. The molecule has 13 heavy (non-hydrogen) atoms. The van der Waals surface area contributed by atoms with Crippen LogP contribution in [-0.2, 0) is 0 Å². The first-order valence-electron chi connectivity index (χ1n) is 4.08. The summed E-state index contributed by atoms with van der Waals surface area (Å²) in [4.78, 5) is 0. The summed E-state index contributed by atoms with van der Waals surface area (Å²) in [6.45, 7) is 5.68. The van der Waals surface area contributed by atoms with E-state index in [0.717, 1.165) is 22.6 Å². The highest BCUT2D eigenvalue weighted by Gasteiger charge is 2.07. The highest BCUT2D eigenvalue weighted by molar-refractivity contribution is 5.61. The van der Waals surface area contributed by atoms with Gasteiger partial charge < -0.3 is 9.47 Å². The van der Waals surface area contributed by atoms with Crippen molar-refractivity contribution < 1.29 is 9.47 Å². The van der Waals surface area contributed by atoms with Crippen molar-refractivity contribution in [3.63, 3.8) is 0 Å². The van der Waals surface area contributed by atoms with Gasteiger partial charge >= 0.3 is 0 Å². The van der Waals surface area contributed by atoms with Crippen LogP contribution in [-0.4, -0.2) is 14.2 Å². The SMILES string of the molecule is C=Cc1ccc(OC)c(C)c1OC. The number of benzene rings is 1. The van der Waals surface area contributed by atoms with Gasteiger partial charge in [0.2, 0.25) is 0 Å². The lowest BCUT2D eigenvalue weighted by atomic mass is 10.1. The molecule has 0 saturated heterocycles. The maximum absolute atomic E-state index is 5.26. The average Bonchev–Trinajstić information content (AvgIpc) is 2.17. The zero-order valence-electron chi connectivity index (χ0n) is 8.26. The lowest BCUT2D eigenvalue weighted by Crippen LogP contribution is -1.94. The predicted molar refractivity (Wildman–Crippen MR) is 54.4 cm³/mol. The number of hydrogen-bond acceptors (Lipinski definition) is 2. The van der Waals surface area contributed by atoms with Gasteiger partial charge in [0.25, 0.3) is 0 Å². The third kappa shape index (κ3) is 1.66. The molecule has 0 aromatic heterocycles. The van der Waals surface area contributed by atoms with Gasteiger partial charge in [0.1, 0.15) is 11.5 Å². The quantitative estimate of drug-likeness (QED) is 0.708. The molecule has 0 aliphatic carbocycles. The van der Waals surface area contributed by atoms with Gasteiger partial charge in [-0.1, -0.05) is 12.7 Å². The molecular weight excluding hydrogens is 164 g/mol. The van der Waals surface area contributed by atoms with Crippen LogP contribution in [0.3, 0.4) is 0 Å². The van der Waals surface area contributed by atoms with E-state index in [2.05, 4.69) is 6.58 Å². The van der Waals surface area contributed by atoms with Crippen molar-refractivity contribution in [1.82, 2.24) is 0 Å². The number of rotatable bonds is 3. The Morgan fingerprint density at radius 3 is 2.38 bits per heavy atom. The Labute approximate surface area is 78.8 Å². The van der Waals surface area contributed by atoms with Crippen molar-refractivity contribution in [3.8, 4) is 11.5 Å². The van der Waals surface area contributed by atoms with E-state index in [4.69, 9.17) is 9.47 Å². The molecule has 0 aliphatic heterocycles. The van der Waals surface area contributed by atoms with Gasteiger partial charge in [0, 0.05) is 11.1 Å². The molecule has 0 radical (unpaired) electrons. The van der Waals surface area contributed by atoms with Gasteiger partial charge in [-0.25, -0.2) is 0 Å². The van der Waals surface area contributed by atoms with Gasteiger partial charge in [0.05, 0.1) is 14.2 Å². The predicted octanol–water partition coefficient (Wildman–Crippen LogP) is 2.66. The third-order valence-corrected chi connectivity index (χ3v) is 2.03. The van der Waals surface area contributed by atoms with E-state index in [1.54, 1.807) is 20.3 Å². The molecule has 1 rings (SSSR count). The molecule has 0 amide bonds. The molecule has 0 saturated carbocycles. The zero-order chi connectivity index (χ0) is 9.84. The summed E-state index contributed by atoms with van der Waals surface area (Å²) in [7, 11) is 3.30. The van der Waals surface area contributed by atoms with Crippen LogP contribution >= 0.6 is 0 Å². The van der Waals surface area contributed by atoms with Gasteiger partial charge in [-0.15, -0.1) is 0 Å². The lowest BCUT2D eigenvalue weighted by Gasteiger charge is -2.11. The summed E-state index contributed by atoms with van der Waals surface area (Å²) >= 11 is 0. The van der Waals surface area contributed by atoms with E-state index in [-0.39, 0.29) is 0 Å². The minimum atomic E-state index is 0.828. The van der Waals surface area contributed by atoms with Crippen LogP contribution in [0.25, 0.3) is 6.08 Å². The van der Waals surface area contributed by atoms with Crippen molar-refractivity contribution in [2.75, 3.05) is 14.2 Å². The molecule has 0 spiro atoms. The molecule has 0 atom stereocenters. The van der Waals surface area contributed by atoms with E-state index < -0.39 is 0 Å².